The van der Waals surface area contributed by atoms with Gasteiger partial charge in [0.2, 0.25) is 0 Å². The number of esters is 1. The summed E-state index contributed by atoms with van der Waals surface area (Å²) in [5.74, 6) is -0.446. The largest absolute Gasteiger partial charge is 0.464 e. The highest BCUT2D eigenvalue weighted by Crippen LogP contribution is 2.63. The van der Waals surface area contributed by atoms with Crippen molar-refractivity contribution in [2.45, 2.75) is 25.7 Å². The molecule has 17 heavy (non-hydrogen) atoms. The Kier molecular flexibility index (Phi) is 2.54. The van der Waals surface area contributed by atoms with Crippen LogP contribution in [0, 0.1) is 5.41 Å². The minimum atomic E-state index is -0.446. The summed E-state index contributed by atoms with van der Waals surface area (Å²) in [5, 5.41) is 13.8. The molecule has 2 rings (SSSR count). The van der Waals surface area contributed by atoms with Crippen molar-refractivity contribution in [3.05, 3.63) is 17.5 Å². The van der Waals surface area contributed by atoms with Gasteiger partial charge in [0.05, 0.1) is 13.7 Å². The molecule has 94 valence electrons. The Morgan fingerprint density at radius 2 is 2.24 bits per heavy atom. The van der Waals surface area contributed by atoms with Gasteiger partial charge in [-0.15, -0.1) is 0 Å². The molecule has 1 aliphatic carbocycles. The van der Waals surface area contributed by atoms with Crippen LogP contribution in [0.3, 0.4) is 0 Å². The third kappa shape index (κ3) is 1.57. The summed E-state index contributed by atoms with van der Waals surface area (Å²) >= 11 is 0. The molecule has 0 aromatic carbocycles. The van der Waals surface area contributed by atoms with Gasteiger partial charge in [-0.3, -0.25) is 4.68 Å². The Labute approximate surface area is 100 Å². The number of carbonyl (C=O) groups excluding carboxylic acids is 1. The fourth-order valence-corrected chi connectivity index (χ4v) is 2.62. The quantitative estimate of drug-likeness (QED) is 0.793. The minimum absolute atomic E-state index is 0.0446. The predicted molar refractivity (Wildman–Crippen MR) is 61.7 cm³/mol. The number of hydrogen-bond donors (Lipinski definition) is 1. The topological polar surface area (TPSA) is 64.3 Å². The van der Waals surface area contributed by atoms with E-state index in [1.54, 1.807) is 17.8 Å². The predicted octanol–water partition coefficient (Wildman–Crippen LogP) is 0.867. The molecule has 1 aromatic heterocycles. The van der Waals surface area contributed by atoms with E-state index in [4.69, 9.17) is 0 Å². The van der Waals surface area contributed by atoms with Crippen molar-refractivity contribution >= 4 is 5.97 Å². The summed E-state index contributed by atoms with van der Waals surface area (Å²) in [7, 11) is 3.12. The number of ether oxygens (including phenoxy) is 1. The highest BCUT2D eigenvalue weighted by molar-refractivity contribution is 5.87. The summed E-state index contributed by atoms with van der Waals surface area (Å²) in [6.45, 7) is 4.28. The van der Waals surface area contributed by atoms with Gasteiger partial charge in [-0.2, -0.15) is 5.10 Å². The van der Waals surface area contributed by atoms with Crippen molar-refractivity contribution in [3.8, 4) is 0 Å². The van der Waals surface area contributed by atoms with Crippen molar-refractivity contribution in [2.75, 3.05) is 13.7 Å². The average Bonchev–Trinajstić information content (AvgIpc) is 2.65. The van der Waals surface area contributed by atoms with Crippen LogP contribution in [0.4, 0.5) is 0 Å². The van der Waals surface area contributed by atoms with E-state index in [0.29, 0.717) is 5.69 Å². The van der Waals surface area contributed by atoms with Crippen LogP contribution in [0.2, 0.25) is 0 Å². The SMILES string of the molecule is COC(=O)c1cc(C2(CO)CC2(C)C)n(C)n1. The van der Waals surface area contributed by atoms with Gasteiger partial charge in [0.15, 0.2) is 5.69 Å². The van der Waals surface area contributed by atoms with Crippen LogP contribution in [0.15, 0.2) is 6.07 Å². The van der Waals surface area contributed by atoms with E-state index in [1.165, 1.54) is 7.11 Å². The molecule has 0 aliphatic heterocycles. The molecule has 1 unspecified atom stereocenters. The molecule has 1 saturated carbocycles. The van der Waals surface area contributed by atoms with Crippen LogP contribution in [-0.2, 0) is 17.2 Å². The molecule has 1 aromatic rings. The van der Waals surface area contributed by atoms with Crippen molar-refractivity contribution in [3.63, 3.8) is 0 Å². The maximum atomic E-state index is 11.4. The summed E-state index contributed by atoms with van der Waals surface area (Å²) < 4.78 is 6.31. The van der Waals surface area contributed by atoms with E-state index in [2.05, 4.69) is 23.7 Å². The van der Waals surface area contributed by atoms with Crippen LogP contribution in [0.5, 0.6) is 0 Å². The number of rotatable bonds is 3. The number of hydrogen-bond acceptors (Lipinski definition) is 4. The Hall–Kier alpha value is -1.36. The Morgan fingerprint density at radius 3 is 2.65 bits per heavy atom. The number of aliphatic hydroxyl groups excluding tert-OH is 1. The number of aromatic nitrogens is 2. The first-order chi connectivity index (χ1) is 7.88. The van der Waals surface area contributed by atoms with Gasteiger partial charge < -0.3 is 9.84 Å². The third-order valence-corrected chi connectivity index (χ3v) is 3.95. The van der Waals surface area contributed by atoms with Crippen LogP contribution >= 0.6 is 0 Å². The average molecular weight is 238 g/mol. The Morgan fingerprint density at radius 1 is 1.65 bits per heavy atom. The number of methoxy groups -OCH3 is 1. The van der Waals surface area contributed by atoms with Crippen molar-refractivity contribution < 1.29 is 14.6 Å². The van der Waals surface area contributed by atoms with Gasteiger partial charge in [0.25, 0.3) is 0 Å². The van der Waals surface area contributed by atoms with Crippen molar-refractivity contribution in [1.29, 1.82) is 0 Å². The van der Waals surface area contributed by atoms with E-state index >= 15 is 0 Å². The number of carbonyl (C=O) groups is 1. The van der Waals surface area contributed by atoms with Crippen LogP contribution in [-0.4, -0.2) is 34.6 Å². The fourth-order valence-electron chi connectivity index (χ4n) is 2.62. The number of aryl methyl sites for hydroxylation is 1. The Bertz CT molecular complexity index is 464. The van der Waals surface area contributed by atoms with Crippen LogP contribution in [0.25, 0.3) is 0 Å². The van der Waals surface area contributed by atoms with E-state index in [1.807, 2.05) is 0 Å². The van der Waals surface area contributed by atoms with Crippen LogP contribution < -0.4 is 0 Å². The van der Waals surface area contributed by atoms with E-state index in [-0.39, 0.29) is 17.4 Å². The maximum Gasteiger partial charge on any atom is 0.358 e. The zero-order valence-corrected chi connectivity index (χ0v) is 10.6. The summed E-state index contributed by atoms with van der Waals surface area (Å²) in [6.07, 6.45) is 0.899. The van der Waals surface area contributed by atoms with Gasteiger partial charge in [-0.25, -0.2) is 4.79 Å². The van der Waals surface area contributed by atoms with Crippen LogP contribution in [0.1, 0.15) is 36.5 Å². The lowest BCUT2D eigenvalue weighted by Crippen LogP contribution is -2.22. The maximum absolute atomic E-state index is 11.4. The molecule has 0 spiro atoms. The van der Waals surface area contributed by atoms with E-state index < -0.39 is 5.97 Å². The minimum Gasteiger partial charge on any atom is -0.464 e. The second-order valence-electron chi connectivity index (χ2n) is 5.33. The second kappa shape index (κ2) is 3.57. The van der Waals surface area contributed by atoms with Gasteiger partial charge >= 0.3 is 5.97 Å². The molecule has 5 nitrogen and oxygen atoms in total. The molecule has 0 saturated heterocycles. The summed E-state index contributed by atoms with van der Waals surface area (Å²) in [4.78, 5) is 11.4. The molecule has 5 heteroatoms. The molecule has 0 bridgehead atoms. The number of nitrogens with zero attached hydrogens (tertiary/aromatic N) is 2. The monoisotopic (exact) mass is 238 g/mol. The lowest BCUT2D eigenvalue weighted by atomic mass is 9.93. The van der Waals surface area contributed by atoms with Crippen molar-refractivity contribution in [2.24, 2.45) is 12.5 Å². The molecule has 0 radical (unpaired) electrons. The smallest absolute Gasteiger partial charge is 0.358 e. The zero-order chi connectivity index (χ0) is 12.8. The molecule has 1 N–H and O–H groups in total. The first-order valence-electron chi connectivity index (χ1n) is 5.62. The molecule has 1 aliphatic rings. The lowest BCUT2D eigenvalue weighted by Gasteiger charge is -2.17. The number of aliphatic hydroxyl groups is 1. The standard InChI is InChI=1S/C12H18N2O3/c1-11(2)6-12(11,7-15)9-5-8(10(16)17-4)13-14(9)3/h5,15H,6-7H2,1-4H3. The summed E-state index contributed by atoms with van der Waals surface area (Å²) in [6, 6.07) is 1.72. The third-order valence-electron chi connectivity index (χ3n) is 3.95. The van der Waals surface area contributed by atoms with Gasteiger partial charge in [-0.1, -0.05) is 13.8 Å². The normalized spacial score (nSPS) is 25.7. The summed E-state index contributed by atoms with van der Waals surface area (Å²) in [5.41, 5.74) is 0.954. The van der Waals surface area contributed by atoms with Gasteiger partial charge in [0.1, 0.15) is 0 Å². The molecular formula is C12H18N2O3. The highest BCUT2D eigenvalue weighted by Gasteiger charge is 2.63. The van der Waals surface area contributed by atoms with E-state index in [9.17, 15) is 9.90 Å². The zero-order valence-electron chi connectivity index (χ0n) is 10.6. The van der Waals surface area contributed by atoms with E-state index in [0.717, 1.165) is 12.1 Å². The Balaban J connectivity index is 2.41. The first kappa shape index (κ1) is 12.1. The second-order valence-corrected chi connectivity index (χ2v) is 5.33. The molecule has 1 atom stereocenters. The first-order valence-corrected chi connectivity index (χ1v) is 5.62. The highest BCUT2D eigenvalue weighted by atomic mass is 16.5. The molecule has 0 amide bonds. The molecular weight excluding hydrogens is 220 g/mol. The van der Waals surface area contributed by atoms with Gasteiger partial charge in [-0.05, 0) is 17.9 Å². The van der Waals surface area contributed by atoms with Gasteiger partial charge in [0, 0.05) is 18.2 Å². The molecule has 1 fully saturated rings. The van der Waals surface area contributed by atoms with Crippen molar-refractivity contribution in [1.82, 2.24) is 9.78 Å². The molecule has 1 heterocycles. The lowest BCUT2D eigenvalue weighted by molar-refractivity contribution is 0.0593. The fraction of sp³-hybridized carbons (Fsp3) is 0.667.